The largest absolute Gasteiger partial charge is 0.376 e. The third-order valence-electron chi connectivity index (χ3n) is 7.42. The third-order valence-corrected chi connectivity index (χ3v) is 7.42. The van der Waals surface area contributed by atoms with Gasteiger partial charge in [0.05, 0.1) is 17.6 Å². The second kappa shape index (κ2) is 8.23. The molecule has 4 rings (SSSR count). The molecule has 0 bridgehead atoms. The highest BCUT2D eigenvalue weighted by atomic mass is 19.1. The van der Waals surface area contributed by atoms with Crippen LogP contribution in [-0.4, -0.2) is 54.9 Å². The van der Waals surface area contributed by atoms with Gasteiger partial charge in [-0.15, -0.1) is 0 Å². The van der Waals surface area contributed by atoms with E-state index in [1.807, 2.05) is 19.1 Å². The molecule has 30 heavy (non-hydrogen) atoms. The van der Waals surface area contributed by atoms with Crippen molar-refractivity contribution in [1.82, 2.24) is 10.2 Å². The van der Waals surface area contributed by atoms with Crippen LogP contribution in [0.4, 0.5) is 4.39 Å². The summed E-state index contributed by atoms with van der Waals surface area (Å²) in [7, 11) is 0. The lowest BCUT2D eigenvalue weighted by molar-refractivity contribution is -0.124. The Hall–Kier alpha value is -1.46. The lowest BCUT2D eigenvalue weighted by Gasteiger charge is -2.41. The van der Waals surface area contributed by atoms with Gasteiger partial charge in [-0.2, -0.15) is 0 Å². The molecule has 5 heteroatoms. The fourth-order valence-electron chi connectivity index (χ4n) is 5.24. The van der Waals surface area contributed by atoms with Crippen molar-refractivity contribution in [3.05, 3.63) is 35.4 Å². The van der Waals surface area contributed by atoms with E-state index in [-0.39, 0.29) is 18.1 Å². The Morgan fingerprint density at radius 1 is 1.17 bits per heavy atom. The summed E-state index contributed by atoms with van der Waals surface area (Å²) in [6.45, 7) is 9.91. The SMILES string of the molecule is Cc1ccc(C2(C(=O)NCC3(F)CCN(CC4CCOC(C)(C)C4)CC3)CC2)cc1. The van der Waals surface area contributed by atoms with Crippen molar-refractivity contribution in [3.8, 4) is 0 Å². The Labute approximate surface area is 180 Å². The molecule has 1 amide bonds. The number of aryl methyl sites for hydroxylation is 1. The van der Waals surface area contributed by atoms with Crippen LogP contribution in [0.15, 0.2) is 24.3 Å². The number of amides is 1. The minimum absolute atomic E-state index is 0.00440. The van der Waals surface area contributed by atoms with Crippen LogP contribution in [0.5, 0.6) is 0 Å². The zero-order chi connectivity index (χ0) is 21.4. The number of ether oxygens (including phenoxy) is 1. The van der Waals surface area contributed by atoms with Crippen LogP contribution < -0.4 is 5.32 Å². The van der Waals surface area contributed by atoms with Crippen molar-refractivity contribution < 1.29 is 13.9 Å². The van der Waals surface area contributed by atoms with Crippen molar-refractivity contribution in [2.45, 2.75) is 76.0 Å². The second-order valence-electron chi connectivity index (χ2n) is 10.5. The molecule has 1 aliphatic carbocycles. The lowest BCUT2D eigenvalue weighted by Crippen LogP contribution is -2.51. The number of piperidine rings is 1. The summed E-state index contributed by atoms with van der Waals surface area (Å²) in [5.74, 6) is 0.625. The van der Waals surface area contributed by atoms with Crippen molar-refractivity contribution in [3.63, 3.8) is 0 Å². The minimum atomic E-state index is -1.29. The molecule has 3 fully saturated rings. The van der Waals surface area contributed by atoms with Crippen LogP contribution in [0.1, 0.15) is 63.5 Å². The van der Waals surface area contributed by atoms with Crippen LogP contribution in [0.25, 0.3) is 0 Å². The van der Waals surface area contributed by atoms with E-state index in [4.69, 9.17) is 4.74 Å². The minimum Gasteiger partial charge on any atom is -0.376 e. The van der Waals surface area contributed by atoms with E-state index in [2.05, 4.69) is 36.2 Å². The van der Waals surface area contributed by atoms with Gasteiger partial charge in [-0.3, -0.25) is 4.79 Å². The number of alkyl halides is 1. The van der Waals surface area contributed by atoms with E-state index in [1.54, 1.807) is 0 Å². The molecule has 1 atom stereocenters. The smallest absolute Gasteiger partial charge is 0.230 e. The first kappa shape index (κ1) is 21.8. The van der Waals surface area contributed by atoms with E-state index in [9.17, 15) is 4.79 Å². The molecule has 1 unspecified atom stereocenters. The van der Waals surface area contributed by atoms with Gasteiger partial charge in [0, 0.05) is 26.2 Å². The van der Waals surface area contributed by atoms with Crippen LogP contribution in [0.2, 0.25) is 0 Å². The summed E-state index contributed by atoms with van der Waals surface area (Å²) < 4.78 is 21.2. The lowest BCUT2D eigenvalue weighted by atomic mass is 9.86. The molecule has 3 aliphatic rings. The molecule has 2 aliphatic heterocycles. The first-order valence-corrected chi connectivity index (χ1v) is 11.6. The average molecular weight is 417 g/mol. The molecule has 0 radical (unpaired) electrons. The van der Waals surface area contributed by atoms with E-state index >= 15 is 4.39 Å². The number of carbonyl (C=O) groups excluding carboxylic acids is 1. The fraction of sp³-hybridized carbons (Fsp3) is 0.720. The van der Waals surface area contributed by atoms with Crippen LogP contribution in [0.3, 0.4) is 0 Å². The number of hydrogen-bond donors (Lipinski definition) is 1. The van der Waals surface area contributed by atoms with Crippen molar-refractivity contribution >= 4 is 5.91 Å². The molecular weight excluding hydrogens is 379 g/mol. The normalized spacial score (nSPS) is 27.4. The topological polar surface area (TPSA) is 41.6 Å². The number of rotatable bonds is 6. The average Bonchev–Trinajstić information content (AvgIpc) is 3.50. The molecule has 4 nitrogen and oxygen atoms in total. The highest BCUT2D eigenvalue weighted by Gasteiger charge is 2.51. The molecule has 2 heterocycles. The van der Waals surface area contributed by atoms with Gasteiger partial charge in [-0.25, -0.2) is 4.39 Å². The Bertz CT molecular complexity index is 749. The number of carbonyl (C=O) groups is 1. The standard InChI is InChI=1S/C25H37FN2O2/c1-19-4-6-21(7-5-19)25(9-10-25)22(29)27-18-24(26)11-13-28(14-12-24)17-20-8-15-30-23(2,3)16-20/h4-7,20H,8-18H2,1-3H3,(H,27,29). The number of likely N-dealkylation sites (tertiary alicyclic amines) is 1. The fourth-order valence-corrected chi connectivity index (χ4v) is 5.24. The van der Waals surface area contributed by atoms with E-state index in [0.29, 0.717) is 18.8 Å². The van der Waals surface area contributed by atoms with Gasteiger partial charge in [-0.05, 0) is 70.8 Å². The Morgan fingerprint density at radius 3 is 2.43 bits per heavy atom. The van der Waals surface area contributed by atoms with Crippen molar-refractivity contribution in [1.29, 1.82) is 0 Å². The predicted molar refractivity (Wildman–Crippen MR) is 117 cm³/mol. The summed E-state index contributed by atoms with van der Waals surface area (Å²) in [5.41, 5.74) is 0.496. The summed E-state index contributed by atoms with van der Waals surface area (Å²) in [6.07, 6.45) is 4.88. The third kappa shape index (κ3) is 4.88. The molecule has 166 valence electrons. The van der Waals surface area contributed by atoms with E-state index in [1.165, 1.54) is 5.56 Å². The number of halogens is 1. The van der Waals surface area contributed by atoms with E-state index < -0.39 is 11.1 Å². The number of nitrogens with one attached hydrogen (secondary N) is 1. The van der Waals surface area contributed by atoms with Gasteiger partial charge in [0.1, 0.15) is 5.67 Å². The van der Waals surface area contributed by atoms with Crippen LogP contribution in [-0.2, 0) is 14.9 Å². The summed E-state index contributed by atoms with van der Waals surface area (Å²) in [5, 5.41) is 2.97. The molecule has 1 aromatic rings. The first-order valence-electron chi connectivity index (χ1n) is 11.6. The summed E-state index contributed by atoms with van der Waals surface area (Å²) in [4.78, 5) is 15.3. The first-order chi connectivity index (χ1) is 14.2. The molecule has 1 saturated carbocycles. The van der Waals surface area contributed by atoms with Gasteiger partial charge in [0.25, 0.3) is 0 Å². The molecule has 1 N–H and O–H groups in total. The van der Waals surface area contributed by atoms with Gasteiger partial charge < -0.3 is 15.0 Å². The Balaban J connectivity index is 1.25. The van der Waals surface area contributed by atoms with Gasteiger partial charge in [-0.1, -0.05) is 29.8 Å². The summed E-state index contributed by atoms with van der Waals surface area (Å²) >= 11 is 0. The van der Waals surface area contributed by atoms with Gasteiger partial charge >= 0.3 is 0 Å². The molecule has 1 aromatic carbocycles. The number of benzene rings is 1. The highest BCUT2D eigenvalue weighted by Crippen LogP contribution is 2.48. The highest BCUT2D eigenvalue weighted by molar-refractivity contribution is 5.91. The maximum absolute atomic E-state index is 15.4. The maximum Gasteiger partial charge on any atom is 0.230 e. The molecular formula is C25H37FN2O2. The second-order valence-corrected chi connectivity index (χ2v) is 10.5. The zero-order valence-corrected chi connectivity index (χ0v) is 18.8. The molecule has 2 saturated heterocycles. The number of nitrogens with zero attached hydrogens (tertiary/aromatic N) is 1. The Morgan fingerprint density at radius 2 is 1.83 bits per heavy atom. The number of hydrogen-bond acceptors (Lipinski definition) is 3. The molecule has 0 aromatic heterocycles. The van der Waals surface area contributed by atoms with Gasteiger partial charge in [0.15, 0.2) is 0 Å². The van der Waals surface area contributed by atoms with Crippen molar-refractivity contribution in [2.75, 3.05) is 32.8 Å². The Kier molecular flexibility index (Phi) is 5.97. The summed E-state index contributed by atoms with van der Waals surface area (Å²) in [6, 6.07) is 8.19. The van der Waals surface area contributed by atoms with Crippen molar-refractivity contribution in [2.24, 2.45) is 5.92 Å². The maximum atomic E-state index is 15.4. The zero-order valence-electron chi connectivity index (χ0n) is 18.8. The van der Waals surface area contributed by atoms with Gasteiger partial charge in [0.2, 0.25) is 5.91 Å². The predicted octanol–water partition coefficient (Wildman–Crippen LogP) is 4.15. The monoisotopic (exact) mass is 416 g/mol. The quantitative estimate of drug-likeness (QED) is 0.757. The van der Waals surface area contributed by atoms with Crippen LogP contribution in [0, 0.1) is 12.8 Å². The van der Waals surface area contributed by atoms with Crippen LogP contribution >= 0.6 is 0 Å². The molecule has 0 spiro atoms. The van der Waals surface area contributed by atoms with E-state index in [0.717, 1.165) is 57.5 Å².